The zero-order chi connectivity index (χ0) is 19.1. The van der Waals surface area contributed by atoms with E-state index in [2.05, 4.69) is 15.6 Å². The summed E-state index contributed by atoms with van der Waals surface area (Å²) in [4.78, 5) is 41.6. The summed E-state index contributed by atoms with van der Waals surface area (Å²) in [7, 11) is 0. The van der Waals surface area contributed by atoms with Crippen molar-refractivity contribution in [3.8, 4) is 0 Å². The maximum atomic E-state index is 12.4. The summed E-state index contributed by atoms with van der Waals surface area (Å²) in [6.07, 6.45) is 4.63. The Bertz CT molecular complexity index is 795. The van der Waals surface area contributed by atoms with Crippen molar-refractivity contribution in [3.05, 3.63) is 66.0 Å². The third-order valence-corrected chi connectivity index (χ3v) is 4.44. The van der Waals surface area contributed by atoms with Gasteiger partial charge in [-0.25, -0.2) is 4.79 Å². The van der Waals surface area contributed by atoms with Crippen LogP contribution < -0.4 is 10.6 Å². The van der Waals surface area contributed by atoms with Crippen LogP contribution in [0.15, 0.2) is 54.9 Å². The second kappa shape index (κ2) is 8.93. The monoisotopic (exact) mass is 366 g/mol. The van der Waals surface area contributed by atoms with Crippen LogP contribution in [-0.4, -0.2) is 40.3 Å². The van der Waals surface area contributed by atoms with Crippen molar-refractivity contribution in [2.75, 3.05) is 6.54 Å². The lowest BCUT2D eigenvalue weighted by molar-refractivity contribution is -0.128. The number of nitrogens with zero attached hydrogens (tertiary/aromatic N) is 2. The zero-order valence-electron chi connectivity index (χ0n) is 14.9. The summed E-state index contributed by atoms with van der Waals surface area (Å²) in [5.41, 5.74) is 1.98. The number of urea groups is 1. The third kappa shape index (κ3) is 5.13. The number of imide groups is 1. The van der Waals surface area contributed by atoms with Crippen molar-refractivity contribution >= 4 is 17.8 Å². The molecule has 1 aliphatic heterocycles. The second-order valence-corrected chi connectivity index (χ2v) is 6.41. The molecular formula is C20H22N4O3. The summed E-state index contributed by atoms with van der Waals surface area (Å²) in [5.74, 6) is -0.416. The molecule has 27 heavy (non-hydrogen) atoms. The van der Waals surface area contributed by atoms with Crippen LogP contribution >= 0.6 is 0 Å². The SMILES string of the molecule is O=C(CCC1NC(=O)N(Cc2ccccc2)C1=O)NCCc1ccncc1. The molecule has 1 aromatic heterocycles. The van der Waals surface area contributed by atoms with Crippen LogP contribution in [0, 0.1) is 0 Å². The second-order valence-electron chi connectivity index (χ2n) is 6.41. The number of hydrogen-bond acceptors (Lipinski definition) is 4. The largest absolute Gasteiger partial charge is 0.356 e. The Labute approximate surface area is 157 Å². The van der Waals surface area contributed by atoms with E-state index in [1.807, 2.05) is 42.5 Å². The minimum atomic E-state index is -0.646. The number of aromatic nitrogens is 1. The van der Waals surface area contributed by atoms with Crippen molar-refractivity contribution in [1.82, 2.24) is 20.5 Å². The Morgan fingerprint density at radius 2 is 1.81 bits per heavy atom. The fraction of sp³-hybridized carbons (Fsp3) is 0.300. The summed E-state index contributed by atoms with van der Waals surface area (Å²) < 4.78 is 0. The number of amides is 4. The topological polar surface area (TPSA) is 91.4 Å². The zero-order valence-corrected chi connectivity index (χ0v) is 14.9. The number of pyridine rings is 1. The molecule has 7 nitrogen and oxygen atoms in total. The number of carbonyl (C=O) groups is 3. The van der Waals surface area contributed by atoms with Gasteiger partial charge in [0, 0.05) is 25.4 Å². The van der Waals surface area contributed by atoms with Crippen molar-refractivity contribution < 1.29 is 14.4 Å². The van der Waals surface area contributed by atoms with Crippen LogP contribution in [0.5, 0.6) is 0 Å². The highest BCUT2D eigenvalue weighted by Gasteiger charge is 2.37. The van der Waals surface area contributed by atoms with Gasteiger partial charge in [0.2, 0.25) is 5.91 Å². The molecule has 0 radical (unpaired) electrons. The summed E-state index contributed by atoms with van der Waals surface area (Å²) in [6, 6.07) is 12.1. The first kappa shape index (κ1) is 18.6. The molecule has 1 unspecified atom stereocenters. The first-order chi connectivity index (χ1) is 13.1. The number of nitrogens with one attached hydrogen (secondary N) is 2. The minimum Gasteiger partial charge on any atom is -0.356 e. The van der Waals surface area contributed by atoms with Crippen LogP contribution in [0.3, 0.4) is 0 Å². The number of carbonyl (C=O) groups excluding carboxylic acids is 3. The lowest BCUT2D eigenvalue weighted by atomic mass is 10.1. The molecule has 2 aromatic rings. The molecule has 7 heteroatoms. The van der Waals surface area contributed by atoms with E-state index < -0.39 is 12.1 Å². The predicted octanol–water partition coefficient (Wildman–Crippen LogP) is 1.64. The molecule has 1 fully saturated rings. The van der Waals surface area contributed by atoms with E-state index in [0.717, 1.165) is 17.5 Å². The van der Waals surface area contributed by atoms with Crippen LogP contribution in [0.2, 0.25) is 0 Å². The molecule has 1 aliphatic rings. The average Bonchev–Trinajstić information content (AvgIpc) is 2.95. The van der Waals surface area contributed by atoms with Crippen LogP contribution in [0.1, 0.15) is 24.0 Å². The van der Waals surface area contributed by atoms with Crippen LogP contribution in [-0.2, 0) is 22.6 Å². The Balaban J connectivity index is 1.42. The molecule has 140 valence electrons. The van der Waals surface area contributed by atoms with Crippen molar-refractivity contribution in [2.24, 2.45) is 0 Å². The summed E-state index contributed by atoms with van der Waals surface area (Å²) in [5, 5.41) is 5.50. The van der Waals surface area contributed by atoms with E-state index in [4.69, 9.17) is 0 Å². The van der Waals surface area contributed by atoms with Crippen LogP contribution in [0.4, 0.5) is 4.79 Å². The highest BCUT2D eigenvalue weighted by atomic mass is 16.2. The molecule has 1 atom stereocenters. The van der Waals surface area contributed by atoms with Gasteiger partial charge in [-0.15, -0.1) is 0 Å². The standard InChI is InChI=1S/C20H22N4O3/c25-18(22-13-10-15-8-11-21-12-9-15)7-6-17-19(26)24(20(27)23-17)14-16-4-2-1-3-5-16/h1-5,8-9,11-12,17H,6-7,10,13-14H2,(H,22,25)(H,23,27). The molecule has 0 spiro atoms. The molecule has 0 bridgehead atoms. The fourth-order valence-corrected chi connectivity index (χ4v) is 2.95. The lowest BCUT2D eigenvalue weighted by Gasteiger charge is -2.13. The molecule has 1 saturated heterocycles. The number of hydrogen-bond donors (Lipinski definition) is 2. The van der Waals surface area contributed by atoms with Gasteiger partial charge in [0.1, 0.15) is 6.04 Å². The maximum Gasteiger partial charge on any atom is 0.325 e. The quantitative estimate of drug-likeness (QED) is 0.695. The normalized spacial score (nSPS) is 16.3. The summed E-state index contributed by atoms with van der Waals surface area (Å²) >= 11 is 0. The van der Waals surface area contributed by atoms with E-state index in [1.54, 1.807) is 12.4 Å². The Morgan fingerprint density at radius 3 is 2.56 bits per heavy atom. The molecule has 3 rings (SSSR count). The van der Waals surface area contributed by atoms with Gasteiger partial charge in [-0.1, -0.05) is 30.3 Å². The minimum absolute atomic E-state index is 0.132. The molecule has 1 aromatic carbocycles. The van der Waals surface area contributed by atoms with E-state index in [0.29, 0.717) is 6.54 Å². The molecular weight excluding hydrogens is 344 g/mol. The van der Waals surface area contributed by atoms with Gasteiger partial charge in [0.25, 0.3) is 5.91 Å². The van der Waals surface area contributed by atoms with Gasteiger partial charge >= 0.3 is 6.03 Å². The van der Waals surface area contributed by atoms with Gasteiger partial charge in [-0.05, 0) is 36.1 Å². The fourth-order valence-electron chi connectivity index (χ4n) is 2.95. The van der Waals surface area contributed by atoms with Gasteiger partial charge < -0.3 is 10.6 Å². The molecule has 0 saturated carbocycles. The van der Waals surface area contributed by atoms with Gasteiger partial charge in [-0.2, -0.15) is 0 Å². The van der Waals surface area contributed by atoms with E-state index in [-0.39, 0.29) is 31.2 Å². The number of benzene rings is 1. The van der Waals surface area contributed by atoms with Crippen molar-refractivity contribution in [2.45, 2.75) is 31.8 Å². The Kier molecular flexibility index (Phi) is 6.14. The Morgan fingerprint density at radius 1 is 1.07 bits per heavy atom. The molecule has 2 heterocycles. The van der Waals surface area contributed by atoms with E-state index in [9.17, 15) is 14.4 Å². The van der Waals surface area contributed by atoms with Gasteiger partial charge in [-0.3, -0.25) is 19.5 Å². The smallest absolute Gasteiger partial charge is 0.325 e. The molecule has 0 aliphatic carbocycles. The van der Waals surface area contributed by atoms with Gasteiger partial charge in [0.15, 0.2) is 0 Å². The Hall–Kier alpha value is -3.22. The summed E-state index contributed by atoms with van der Waals surface area (Å²) in [6.45, 7) is 0.758. The first-order valence-corrected chi connectivity index (χ1v) is 8.95. The molecule has 4 amide bonds. The van der Waals surface area contributed by atoms with Gasteiger partial charge in [0.05, 0.1) is 6.54 Å². The maximum absolute atomic E-state index is 12.4. The van der Waals surface area contributed by atoms with E-state index in [1.165, 1.54) is 4.90 Å². The van der Waals surface area contributed by atoms with Crippen molar-refractivity contribution in [1.29, 1.82) is 0 Å². The van der Waals surface area contributed by atoms with Crippen LogP contribution in [0.25, 0.3) is 0 Å². The third-order valence-electron chi connectivity index (χ3n) is 4.44. The average molecular weight is 366 g/mol. The highest BCUT2D eigenvalue weighted by molar-refractivity contribution is 6.04. The van der Waals surface area contributed by atoms with E-state index >= 15 is 0 Å². The number of rotatable bonds is 8. The highest BCUT2D eigenvalue weighted by Crippen LogP contribution is 2.15. The molecule has 2 N–H and O–H groups in total. The first-order valence-electron chi connectivity index (χ1n) is 8.95. The predicted molar refractivity (Wildman–Crippen MR) is 99.5 cm³/mol. The van der Waals surface area contributed by atoms with Crippen molar-refractivity contribution in [3.63, 3.8) is 0 Å². The lowest BCUT2D eigenvalue weighted by Crippen LogP contribution is -2.33.